The fraction of sp³-hybridized carbons (Fsp3) is 0.889. The molecule has 0 amide bonds. The van der Waals surface area contributed by atoms with Crippen molar-refractivity contribution in [3.63, 3.8) is 0 Å². The number of rotatable bonds is 6. The summed E-state index contributed by atoms with van der Waals surface area (Å²) in [5.41, 5.74) is 17.5. The van der Waals surface area contributed by atoms with Crippen LogP contribution in [0.3, 0.4) is 0 Å². The summed E-state index contributed by atoms with van der Waals surface area (Å²) in [6.07, 6.45) is -19.9. The second-order valence-electron chi connectivity index (χ2n) is 8.65. The highest BCUT2D eigenvalue weighted by Crippen LogP contribution is 2.31. The van der Waals surface area contributed by atoms with Gasteiger partial charge >= 0.3 is 11.9 Å². The Hall–Kier alpha value is -1.58. The quantitative estimate of drug-likeness (QED) is 0.158. The zero-order chi connectivity index (χ0) is 26.4. The first kappa shape index (κ1) is 28.0. The molecule has 0 radical (unpaired) electrons. The predicted molar refractivity (Wildman–Crippen MR) is 107 cm³/mol. The lowest BCUT2D eigenvalue weighted by atomic mass is 9.94. The van der Waals surface area contributed by atoms with Crippen LogP contribution in [0.25, 0.3) is 0 Å². The first-order chi connectivity index (χ1) is 16.3. The maximum absolute atomic E-state index is 11.9. The van der Waals surface area contributed by atoms with E-state index in [0.29, 0.717) is 0 Å². The summed E-state index contributed by atoms with van der Waals surface area (Å²) in [7, 11) is 0. The van der Waals surface area contributed by atoms with Crippen molar-refractivity contribution in [3.05, 3.63) is 0 Å². The molecule has 0 aliphatic carbocycles. The molecule has 17 nitrogen and oxygen atoms in total. The number of carboxylic acid groups (broad SMARTS) is 2. The van der Waals surface area contributed by atoms with Crippen LogP contribution in [0.15, 0.2) is 0 Å². The highest BCUT2D eigenvalue weighted by atomic mass is 16.7. The van der Waals surface area contributed by atoms with Crippen LogP contribution >= 0.6 is 0 Å². The number of ether oxygens (including phenoxy) is 5. The molecule has 3 heterocycles. The Kier molecular flexibility index (Phi) is 8.65. The number of carboxylic acids is 2. The van der Waals surface area contributed by atoms with E-state index < -0.39 is 104 Å². The number of hydrogen-bond donors (Lipinski definition) is 10. The van der Waals surface area contributed by atoms with Crippen molar-refractivity contribution in [2.24, 2.45) is 17.2 Å². The first-order valence-corrected chi connectivity index (χ1v) is 10.7. The van der Waals surface area contributed by atoms with Crippen LogP contribution in [0, 0.1) is 0 Å². The summed E-state index contributed by atoms with van der Waals surface area (Å²) in [5, 5.41) is 69.7. The van der Waals surface area contributed by atoms with Crippen LogP contribution in [0.1, 0.15) is 6.92 Å². The van der Waals surface area contributed by atoms with E-state index in [4.69, 9.17) is 40.9 Å². The Morgan fingerprint density at radius 3 is 1.69 bits per heavy atom. The molecule has 3 saturated heterocycles. The molecule has 1 unspecified atom stereocenters. The van der Waals surface area contributed by atoms with E-state index in [2.05, 4.69) is 0 Å². The van der Waals surface area contributed by atoms with Crippen LogP contribution in [0.5, 0.6) is 0 Å². The molecule has 35 heavy (non-hydrogen) atoms. The van der Waals surface area contributed by atoms with Gasteiger partial charge < -0.3 is 76.6 Å². The van der Waals surface area contributed by atoms with E-state index in [-0.39, 0.29) is 0 Å². The zero-order valence-corrected chi connectivity index (χ0v) is 18.4. The molecule has 3 aliphatic rings. The third-order valence-corrected chi connectivity index (χ3v) is 6.22. The summed E-state index contributed by atoms with van der Waals surface area (Å²) >= 11 is 0. The molecular weight excluding hydrogens is 482 g/mol. The van der Waals surface area contributed by atoms with E-state index in [1.807, 2.05) is 0 Å². The molecule has 15 atom stereocenters. The molecule has 0 bridgehead atoms. The number of aliphatic hydroxyl groups is 5. The van der Waals surface area contributed by atoms with Gasteiger partial charge in [0.1, 0.15) is 36.6 Å². The summed E-state index contributed by atoms with van der Waals surface area (Å²) in [6.45, 7) is 1.43. The largest absolute Gasteiger partial charge is 0.479 e. The van der Waals surface area contributed by atoms with Gasteiger partial charge in [0.05, 0.1) is 24.2 Å². The minimum absolute atomic E-state index is 0.917. The summed E-state index contributed by atoms with van der Waals surface area (Å²) in [6, 6.07) is -4.32. The van der Waals surface area contributed by atoms with Gasteiger partial charge in [0.25, 0.3) is 0 Å². The van der Waals surface area contributed by atoms with E-state index >= 15 is 0 Å². The maximum Gasteiger partial charge on any atom is 0.335 e. The number of nitrogens with two attached hydrogens (primary N) is 3. The van der Waals surface area contributed by atoms with Gasteiger partial charge in [-0.2, -0.15) is 0 Å². The van der Waals surface area contributed by atoms with Crippen molar-refractivity contribution >= 4 is 11.9 Å². The first-order valence-electron chi connectivity index (χ1n) is 10.7. The molecule has 3 rings (SSSR count). The smallest absolute Gasteiger partial charge is 0.335 e. The lowest BCUT2D eigenvalue weighted by Gasteiger charge is -2.47. The van der Waals surface area contributed by atoms with Gasteiger partial charge in [0, 0.05) is 0 Å². The zero-order valence-electron chi connectivity index (χ0n) is 18.4. The molecule has 3 fully saturated rings. The van der Waals surface area contributed by atoms with Gasteiger partial charge in [0.15, 0.2) is 31.1 Å². The van der Waals surface area contributed by atoms with E-state index in [9.17, 15) is 45.3 Å². The molecular formula is C18H31N3O14. The normalized spacial score (nSPS) is 51.1. The van der Waals surface area contributed by atoms with Gasteiger partial charge in [-0.05, 0) is 6.92 Å². The molecule has 0 aromatic heterocycles. The topological polar surface area (TPSA) is 300 Å². The molecule has 13 N–H and O–H groups in total. The summed E-state index contributed by atoms with van der Waals surface area (Å²) in [4.78, 5) is 23.2. The van der Waals surface area contributed by atoms with Crippen molar-refractivity contribution in [2.45, 2.75) is 98.9 Å². The highest BCUT2D eigenvalue weighted by molar-refractivity contribution is 5.74. The fourth-order valence-corrected chi connectivity index (χ4v) is 4.08. The lowest BCUT2D eigenvalue weighted by molar-refractivity contribution is -0.336. The number of aliphatic hydroxyl groups excluding tert-OH is 5. The average Bonchev–Trinajstić information content (AvgIpc) is 2.79. The Labute approximate surface area is 197 Å². The molecule has 0 aromatic rings. The Bertz CT molecular complexity index is 763. The van der Waals surface area contributed by atoms with Crippen LogP contribution in [-0.2, 0) is 33.3 Å². The van der Waals surface area contributed by atoms with Crippen molar-refractivity contribution in [3.8, 4) is 0 Å². The number of carbonyl (C=O) groups is 2. The van der Waals surface area contributed by atoms with Gasteiger partial charge in [0.2, 0.25) is 0 Å². The highest BCUT2D eigenvalue weighted by Gasteiger charge is 2.54. The molecule has 0 aromatic carbocycles. The van der Waals surface area contributed by atoms with Crippen LogP contribution in [0.4, 0.5) is 0 Å². The minimum atomic E-state index is -1.98. The van der Waals surface area contributed by atoms with E-state index in [1.54, 1.807) is 0 Å². The van der Waals surface area contributed by atoms with Crippen LogP contribution in [-0.4, -0.2) is 140 Å². The third kappa shape index (κ3) is 5.42. The Morgan fingerprint density at radius 2 is 1.14 bits per heavy atom. The predicted octanol–water partition coefficient (Wildman–Crippen LogP) is -6.46. The molecule has 17 heteroatoms. The van der Waals surface area contributed by atoms with Gasteiger partial charge in [-0.3, -0.25) is 0 Å². The maximum atomic E-state index is 11.9. The van der Waals surface area contributed by atoms with Crippen molar-refractivity contribution in [1.29, 1.82) is 0 Å². The van der Waals surface area contributed by atoms with Crippen LogP contribution < -0.4 is 17.2 Å². The monoisotopic (exact) mass is 513 g/mol. The summed E-state index contributed by atoms with van der Waals surface area (Å²) < 4.78 is 26.5. The standard InChI is InChI=1S/C18H31N3O14/c1-2-6(22)10(5(21)16(30)31-2)32-18-4(20)8(24)11(13(35-18)15(28)29)33-17-3(19)7(23)9(25)12(34-17)14(26)27/h2-13,16-18,22-25,30H,19-21H2,1H3,(H,26,27)(H,28,29)/t2-,3-,4-,5-,6-,7-,8-,9-,10-,11-,12+,13+,16?,17+,18+/m1/s1. The Morgan fingerprint density at radius 1 is 0.657 bits per heavy atom. The van der Waals surface area contributed by atoms with Gasteiger partial charge in [-0.1, -0.05) is 0 Å². The SMILES string of the molecule is C[C@H]1OC(O)[C@H](N)[C@@H](O[C@H]2O[C@H](C(=O)O)[C@H](O[C@H]3O[C@H](C(=O)O)[C@H](O)[C@H](O)[C@H]3N)[C@H](O)[C@H]2N)[C@@H]1O. The fourth-order valence-electron chi connectivity index (χ4n) is 4.08. The lowest BCUT2D eigenvalue weighted by Crippen LogP contribution is -2.70. The van der Waals surface area contributed by atoms with Crippen LogP contribution in [0.2, 0.25) is 0 Å². The van der Waals surface area contributed by atoms with Gasteiger partial charge in [-0.15, -0.1) is 0 Å². The average molecular weight is 513 g/mol. The second-order valence-corrected chi connectivity index (χ2v) is 8.65. The second kappa shape index (κ2) is 10.8. The molecule has 3 aliphatic heterocycles. The minimum Gasteiger partial charge on any atom is -0.479 e. The van der Waals surface area contributed by atoms with E-state index in [1.165, 1.54) is 6.92 Å². The van der Waals surface area contributed by atoms with Crippen molar-refractivity contribution < 1.29 is 69.0 Å². The van der Waals surface area contributed by atoms with E-state index in [0.717, 1.165) is 0 Å². The van der Waals surface area contributed by atoms with Crippen molar-refractivity contribution in [2.75, 3.05) is 0 Å². The third-order valence-electron chi connectivity index (χ3n) is 6.22. The summed E-state index contributed by atoms with van der Waals surface area (Å²) in [5.74, 6) is -3.31. The van der Waals surface area contributed by atoms with Crippen molar-refractivity contribution in [1.82, 2.24) is 0 Å². The Balaban J connectivity index is 1.78. The number of aliphatic carboxylic acids is 2. The number of hydrogen-bond acceptors (Lipinski definition) is 15. The van der Waals surface area contributed by atoms with Gasteiger partial charge in [-0.25, -0.2) is 9.59 Å². The molecule has 0 spiro atoms. The molecule has 202 valence electrons. The molecule has 0 saturated carbocycles.